The summed E-state index contributed by atoms with van der Waals surface area (Å²) in [4.78, 5) is 0. The van der Waals surface area contributed by atoms with Crippen molar-refractivity contribution in [3.8, 4) is 0 Å². The first kappa shape index (κ1) is 11.4. The molecule has 2 saturated carbocycles. The van der Waals surface area contributed by atoms with E-state index in [1.807, 2.05) is 0 Å². The lowest BCUT2D eigenvalue weighted by Gasteiger charge is -2.25. The third kappa shape index (κ3) is 2.71. The molecule has 2 fully saturated rings. The van der Waals surface area contributed by atoms with Crippen LogP contribution in [0.5, 0.6) is 0 Å². The van der Waals surface area contributed by atoms with Gasteiger partial charge in [0, 0.05) is 6.54 Å². The fourth-order valence-electron chi connectivity index (χ4n) is 3.21. The number of nitrogens with one attached hydrogen (secondary N) is 1. The number of rotatable bonds is 5. The minimum absolute atomic E-state index is 0.170. The lowest BCUT2D eigenvalue weighted by Crippen LogP contribution is -2.42. The molecular formula is C12H23NO2. The van der Waals surface area contributed by atoms with Crippen molar-refractivity contribution < 1.29 is 10.2 Å². The third-order valence-electron chi connectivity index (χ3n) is 4.14. The molecule has 3 N–H and O–H groups in total. The smallest absolute Gasteiger partial charge is 0.0972 e. The van der Waals surface area contributed by atoms with Gasteiger partial charge in [0.1, 0.15) is 0 Å². The lowest BCUT2D eigenvalue weighted by molar-refractivity contribution is 0.00183. The van der Waals surface area contributed by atoms with Crippen molar-refractivity contribution in [3.05, 3.63) is 0 Å². The number of aliphatic hydroxyl groups is 2. The van der Waals surface area contributed by atoms with Gasteiger partial charge in [-0.3, -0.25) is 0 Å². The predicted octanol–water partition coefficient (Wildman–Crippen LogP) is 0.755. The van der Waals surface area contributed by atoms with E-state index in [2.05, 4.69) is 5.32 Å². The molecule has 2 rings (SSSR count). The lowest BCUT2D eigenvalue weighted by atomic mass is 9.89. The van der Waals surface area contributed by atoms with Gasteiger partial charge in [0.15, 0.2) is 0 Å². The average Bonchev–Trinajstić information content (AvgIpc) is 2.79. The van der Waals surface area contributed by atoms with Gasteiger partial charge in [0.2, 0.25) is 0 Å². The molecule has 88 valence electrons. The fourth-order valence-corrected chi connectivity index (χ4v) is 3.21. The Morgan fingerprint density at radius 1 is 1.33 bits per heavy atom. The molecular weight excluding hydrogens is 190 g/mol. The maximum atomic E-state index is 9.62. The van der Waals surface area contributed by atoms with E-state index in [1.54, 1.807) is 6.92 Å². The minimum atomic E-state index is -0.961. The monoisotopic (exact) mass is 213 g/mol. The summed E-state index contributed by atoms with van der Waals surface area (Å²) in [5.41, 5.74) is -0.961. The molecule has 3 nitrogen and oxygen atoms in total. The molecule has 0 saturated heterocycles. The zero-order valence-corrected chi connectivity index (χ0v) is 9.58. The molecule has 4 atom stereocenters. The normalized spacial score (nSPS) is 38.2. The van der Waals surface area contributed by atoms with E-state index in [1.165, 1.54) is 25.7 Å². The first-order valence-electron chi connectivity index (χ1n) is 6.15. The molecule has 0 heterocycles. The highest BCUT2D eigenvalue weighted by molar-refractivity contribution is 4.91. The second-order valence-corrected chi connectivity index (χ2v) is 5.72. The third-order valence-corrected chi connectivity index (χ3v) is 4.14. The van der Waals surface area contributed by atoms with E-state index in [4.69, 9.17) is 5.11 Å². The van der Waals surface area contributed by atoms with Crippen LogP contribution in [0.4, 0.5) is 0 Å². The molecule has 4 unspecified atom stereocenters. The van der Waals surface area contributed by atoms with E-state index in [-0.39, 0.29) is 6.61 Å². The number of fused-ring (bicyclic) bond motifs is 2. The van der Waals surface area contributed by atoms with E-state index >= 15 is 0 Å². The van der Waals surface area contributed by atoms with Crippen molar-refractivity contribution in [1.82, 2.24) is 5.32 Å². The Morgan fingerprint density at radius 2 is 2.13 bits per heavy atom. The Kier molecular flexibility index (Phi) is 3.33. The maximum Gasteiger partial charge on any atom is 0.0972 e. The molecule has 0 aliphatic heterocycles. The topological polar surface area (TPSA) is 52.5 Å². The Morgan fingerprint density at radius 3 is 2.67 bits per heavy atom. The fraction of sp³-hybridized carbons (Fsp3) is 1.00. The summed E-state index contributed by atoms with van der Waals surface area (Å²) in [5.74, 6) is 2.74. The highest BCUT2D eigenvalue weighted by Crippen LogP contribution is 2.47. The van der Waals surface area contributed by atoms with Crippen LogP contribution in [-0.4, -0.2) is 35.5 Å². The second-order valence-electron chi connectivity index (χ2n) is 5.72. The van der Waals surface area contributed by atoms with E-state index in [0.29, 0.717) is 6.54 Å². The van der Waals surface area contributed by atoms with Crippen LogP contribution in [0.3, 0.4) is 0 Å². The zero-order valence-electron chi connectivity index (χ0n) is 9.58. The molecule has 0 amide bonds. The van der Waals surface area contributed by atoms with Crippen LogP contribution < -0.4 is 5.32 Å². The first-order valence-corrected chi connectivity index (χ1v) is 6.15. The van der Waals surface area contributed by atoms with E-state index in [0.717, 1.165) is 24.3 Å². The molecule has 2 aliphatic rings. The SMILES string of the molecule is CC(O)(CO)CNCC1CC2CCC1C2. The molecule has 0 spiro atoms. The standard InChI is InChI=1S/C12H23NO2/c1-12(15,8-14)7-13-6-11-5-9-2-3-10(11)4-9/h9-11,13-15H,2-8H2,1H3. The van der Waals surface area contributed by atoms with Gasteiger partial charge in [-0.25, -0.2) is 0 Å². The van der Waals surface area contributed by atoms with Gasteiger partial charge in [-0.15, -0.1) is 0 Å². The Bertz CT molecular complexity index is 218. The van der Waals surface area contributed by atoms with Gasteiger partial charge in [0.25, 0.3) is 0 Å². The van der Waals surface area contributed by atoms with E-state index < -0.39 is 5.60 Å². The average molecular weight is 213 g/mol. The van der Waals surface area contributed by atoms with Crippen molar-refractivity contribution in [3.63, 3.8) is 0 Å². The van der Waals surface area contributed by atoms with Gasteiger partial charge in [-0.2, -0.15) is 0 Å². The van der Waals surface area contributed by atoms with Crippen molar-refractivity contribution in [2.24, 2.45) is 17.8 Å². The molecule has 15 heavy (non-hydrogen) atoms. The van der Waals surface area contributed by atoms with Crippen LogP contribution in [0.25, 0.3) is 0 Å². The van der Waals surface area contributed by atoms with Crippen LogP contribution in [0.1, 0.15) is 32.6 Å². The first-order chi connectivity index (χ1) is 7.11. The van der Waals surface area contributed by atoms with Crippen molar-refractivity contribution >= 4 is 0 Å². The molecule has 2 aliphatic carbocycles. The van der Waals surface area contributed by atoms with Gasteiger partial charge < -0.3 is 15.5 Å². The molecule has 0 radical (unpaired) electrons. The summed E-state index contributed by atoms with van der Waals surface area (Å²) in [5, 5.41) is 21.8. The van der Waals surface area contributed by atoms with Crippen LogP contribution in [0.15, 0.2) is 0 Å². The largest absolute Gasteiger partial charge is 0.393 e. The summed E-state index contributed by atoms with van der Waals surface area (Å²) in [7, 11) is 0. The summed E-state index contributed by atoms with van der Waals surface area (Å²) in [6.45, 7) is 3.01. The molecule has 2 bridgehead atoms. The van der Waals surface area contributed by atoms with Gasteiger partial charge in [0.05, 0.1) is 12.2 Å². The number of aliphatic hydroxyl groups excluding tert-OH is 1. The van der Waals surface area contributed by atoms with Gasteiger partial charge in [-0.05, 0) is 50.5 Å². The maximum absolute atomic E-state index is 9.62. The quantitative estimate of drug-likeness (QED) is 0.632. The summed E-state index contributed by atoms with van der Waals surface area (Å²) in [6.07, 6.45) is 5.66. The van der Waals surface area contributed by atoms with Crippen LogP contribution in [0, 0.1) is 17.8 Å². The van der Waals surface area contributed by atoms with Gasteiger partial charge in [-0.1, -0.05) is 6.42 Å². The van der Waals surface area contributed by atoms with E-state index in [9.17, 15) is 5.11 Å². The van der Waals surface area contributed by atoms with Crippen LogP contribution in [0.2, 0.25) is 0 Å². The Labute approximate surface area is 91.9 Å². The second kappa shape index (κ2) is 4.40. The zero-order chi connectivity index (χ0) is 10.9. The van der Waals surface area contributed by atoms with Crippen molar-refractivity contribution in [1.29, 1.82) is 0 Å². The summed E-state index contributed by atoms with van der Waals surface area (Å²) < 4.78 is 0. The highest BCUT2D eigenvalue weighted by Gasteiger charge is 2.39. The summed E-state index contributed by atoms with van der Waals surface area (Å²) in [6, 6.07) is 0. The number of hydrogen-bond acceptors (Lipinski definition) is 3. The Hall–Kier alpha value is -0.120. The van der Waals surface area contributed by atoms with Crippen LogP contribution in [-0.2, 0) is 0 Å². The van der Waals surface area contributed by atoms with Crippen molar-refractivity contribution in [2.75, 3.05) is 19.7 Å². The Balaban J connectivity index is 1.67. The predicted molar refractivity (Wildman–Crippen MR) is 59.5 cm³/mol. The summed E-state index contributed by atoms with van der Waals surface area (Å²) >= 11 is 0. The number of hydrogen-bond donors (Lipinski definition) is 3. The van der Waals surface area contributed by atoms with Crippen molar-refractivity contribution in [2.45, 2.75) is 38.2 Å². The molecule has 0 aromatic rings. The highest BCUT2D eigenvalue weighted by atomic mass is 16.3. The van der Waals surface area contributed by atoms with Crippen LogP contribution >= 0.6 is 0 Å². The van der Waals surface area contributed by atoms with Gasteiger partial charge >= 0.3 is 0 Å². The molecule has 0 aromatic carbocycles. The minimum Gasteiger partial charge on any atom is -0.393 e. The molecule has 3 heteroatoms. The molecule has 0 aromatic heterocycles.